The van der Waals surface area contributed by atoms with Crippen LogP contribution in [0, 0.1) is 62.6 Å². The smallest absolute Gasteiger partial charge is 0.408 e. The summed E-state index contributed by atoms with van der Waals surface area (Å²) in [5, 5.41) is 72.4. The lowest BCUT2D eigenvalue weighted by Crippen LogP contribution is -2.82. The predicted molar refractivity (Wildman–Crippen MR) is 437 cm³/mol. The Bertz CT molecular complexity index is 4580. The molecule has 121 heavy (non-hydrogen) atoms. The predicted octanol–water partition coefficient (Wildman–Crippen LogP) is 10.7. The summed E-state index contributed by atoms with van der Waals surface area (Å²) >= 11 is 0. The Morgan fingerprint density at radius 3 is 1.63 bits per heavy atom. The molecule has 7 N–H and O–H groups in total. The van der Waals surface area contributed by atoms with E-state index in [1.54, 1.807) is 180 Å². The van der Waals surface area contributed by atoms with Crippen molar-refractivity contribution in [3.8, 4) is 0 Å². The third-order valence-electron chi connectivity index (χ3n) is 29.0. The molecule has 24 unspecified atom stereocenters. The van der Waals surface area contributed by atoms with Crippen molar-refractivity contribution >= 4 is 59.4 Å². The second-order valence-electron chi connectivity index (χ2n) is 38.4. The number of Topliss-reactive ketones (excluding diaryl/α,β-unsaturated/α-hetero) is 3. The average Bonchev–Trinajstić information content (AvgIpc) is 0.678. The van der Waals surface area contributed by atoms with Gasteiger partial charge in [-0.05, 0) is 133 Å². The zero-order valence-corrected chi connectivity index (χ0v) is 73.2. The first-order valence-electron chi connectivity index (χ1n) is 41.6. The van der Waals surface area contributed by atoms with Crippen molar-refractivity contribution in [2.75, 3.05) is 27.4 Å². The van der Waals surface area contributed by atoms with E-state index >= 15 is 24.0 Å². The summed E-state index contributed by atoms with van der Waals surface area (Å²) in [6.45, 7) is 29.4. The molecule has 0 aromatic heterocycles. The second kappa shape index (κ2) is 34.0. The van der Waals surface area contributed by atoms with Crippen LogP contribution in [0.4, 0.5) is 9.59 Å². The number of methoxy groups -OCH3 is 2. The lowest BCUT2D eigenvalue weighted by molar-refractivity contribution is -0.350. The minimum atomic E-state index is -2.55. The number of ketones is 3. The fraction of sp³-hybridized carbons (Fsp3) is 0.613. The maximum atomic E-state index is 16.6. The summed E-state index contributed by atoms with van der Waals surface area (Å²) in [5.74, 6) is -13.5. The van der Waals surface area contributed by atoms with Crippen LogP contribution in [0.1, 0.15) is 208 Å². The van der Waals surface area contributed by atoms with E-state index in [1.165, 1.54) is 73.1 Å². The summed E-state index contributed by atoms with van der Waals surface area (Å²) < 4.78 is 70.0. The molecule has 1 saturated heterocycles. The molecule has 1 aliphatic heterocycles. The van der Waals surface area contributed by atoms with Crippen molar-refractivity contribution < 1.29 is 126 Å². The van der Waals surface area contributed by atoms with Crippen LogP contribution in [-0.2, 0) is 80.9 Å². The normalized spacial score (nSPS) is 34.0. The van der Waals surface area contributed by atoms with Crippen molar-refractivity contribution in [1.82, 2.24) is 10.6 Å². The SMILES string of the molecule is COC(C(=O)CC1CC2(O)C(OC(=O)c3ccccc3)C3C(C)(OC(C)=O)C(OC)CC(C)C3(C)C(O)C(=O)C(C1C)C2(C)C)C(NC(=O)OC(C)(C)C(C)(C)COC1CC2OCC2(OC(C)=O)C2C(OC(=O)c3ccccc3)C3(O)CC(OC(=O)C(O)C(NC(=O)OC(C)(C)C)c4ccccc4)C(C)=C(C(O)C(=O)C12C)C3(C)C)c1ccccc1. The van der Waals surface area contributed by atoms with Crippen molar-refractivity contribution in [2.24, 2.45) is 62.6 Å². The molecule has 6 aliphatic carbocycles. The number of hydrogen-bond acceptors (Lipinski definition) is 26. The van der Waals surface area contributed by atoms with Gasteiger partial charge in [0.05, 0.1) is 60.0 Å². The number of carbonyl (C=O) groups is 10. The van der Waals surface area contributed by atoms with Crippen molar-refractivity contribution in [2.45, 2.75) is 270 Å². The van der Waals surface area contributed by atoms with Gasteiger partial charge in [0.25, 0.3) is 0 Å². The molecule has 0 radical (unpaired) electrons. The van der Waals surface area contributed by atoms with Crippen LogP contribution in [-0.4, -0.2) is 207 Å². The lowest BCUT2D eigenvalue weighted by Gasteiger charge is -2.68. The van der Waals surface area contributed by atoms with Crippen LogP contribution in [0.5, 0.6) is 0 Å². The number of carbonyl (C=O) groups excluding carboxylic acids is 10. The Kier molecular flexibility index (Phi) is 26.1. The topological polar surface area (TPSA) is 397 Å². The standard InChI is InChI=1S/C93H122N2O26/c1-49-42-62(111-20)90(19,118-52(4)96)72-76(116-78(104)56-38-30-24-31-39-56)92(109)45-58(50(2)64(85(92,11)12)68(99)74(102)88(49,72)17)43-59(98)71(112-21)67(55-36-28-23-29-37-55)95-82(108)121-87(15,16)84(9,10)47-113-61-44-63-91(48-114-63,119-53(5)97)73-77(117-79(105)57-40-32-25-33-41-57)93(110)46-60(51(3)65(86(93,13)14)69(100)75(103)89(61,73)18)115-80(106)70(101)66(54-34-26-22-27-35-54)94-81(107)120-83(6,7)8/h22-41,49-50,58,60-64,66-67,69-74,76-77,100-102,109-110H,42-48H2,1-21H3,(H,94,107)(H,95,108). The van der Waals surface area contributed by atoms with Gasteiger partial charge in [-0.25, -0.2) is 24.0 Å². The number of aliphatic hydroxyl groups is 5. The van der Waals surface area contributed by atoms with E-state index in [0.29, 0.717) is 5.56 Å². The zero-order valence-electron chi connectivity index (χ0n) is 73.2. The van der Waals surface area contributed by atoms with Gasteiger partial charge in [0.15, 0.2) is 29.1 Å². The van der Waals surface area contributed by atoms with Crippen LogP contribution in [0.15, 0.2) is 132 Å². The molecule has 2 amide bonds. The van der Waals surface area contributed by atoms with Crippen LogP contribution in [0.2, 0.25) is 0 Å². The molecule has 28 nitrogen and oxygen atoms in total. The van der Waals surface area contributed by atoms with Gasteiger partial charge in [-0.2, -0.15) is 0 Å². The fourth-order valence-corrected chi connectivity index (χ4v) is 21.5. The van der Waals surface area contributed by atoms with Crippen LogP contribution in [0.3, 0.4) is 0 Å². The van der Waals surface area contributed by atoms with E-state index in [4.69, 9.17) is 52.1 Å². The van der Waals surface area contributed by atoms with Crippen molar-refractivity contribution in [1.29, 1.82) is 0 Å². The third-order valence-corrected chi connectivity index (χ3v) is 29.0. The maximum Gasteiger partial charge on any atom is 0.408 e. The van der Waals surface area contributed by atoms with E-state index in [2.05, 4.69) is 10.6 Å². The van der Waals surface area contributed by atoms with E-state index in [1.807, 2.05) is 6.92 Å². The van der Waals surface area contributed by atoms with Gasteiger partial charge in [0.2, 0.25) is 0 Å². The summed E-state index contributed by atoms with van der Waals surface area (Å²) in [5.41, 5.74) is -18.8. The minimum Gasteiger partial charge on any atom is -0.456 e. The number of nitrogens with one attached hydrogen (secondary N) is 2. The number of rotatable bonds is 24. The molecule has 24 atom stereocenters. The molecule has 7 aliphatic rings. The number of amides is 2. The van der Waals surface area contributed by atoms with Gasteiger partial charge in [-0.1, -0.05) is 159 Å². The summed E-state index contributed by atoms with van der Waals surface area (Å²) in [6, 6.07) is 29.5. The molecule has 4 aromatic carbocycles. The molecule has 4 aromatic rings. The number of benzene rings is 4. The van der Waals surface area contributed by atoms with Gasteiger partial charge in [0, 0.05) is 80.8 Å². The largest absolute Gasteiger partial charge is 0.456 e. The molecular weight excluding hydrogens is 1560 g/mol. The highest BCUT2D eigenvalue weighted by Gasteiger charge is 2.80. The van der Waals surface area contributed by atoms with Gasteiger partial charge in [-0.3, -0.25) is 24.0 Å². The van der Waals surface area contributed by atoms with Gasteiger partial charge in [-0.15, -0.1) is 0 Å². The zero-order chi connectivity index (χ0) is 89.4. The van der Waals surface area contributed by atoms with Gasteiger partial charge >= 0.3 is 42.0 Å². The summed E-state index contributed by atoms with van der Waals surface area (Å²) in [4.78, 5) is 149. The highest BCUT2D eigenvalue weighted by molar-refractivity contribution is 5.95. The Morgan fingerprint density at radius 1 is 0.628 bits per heavy atom. The van der Waals surface area contributed by atoms with Crippen LogP contribution in [0.25, 0.3) is 0 Å². The maximum absolute atomic E-state index is 16.6. The number of alkyl carbamates (subject to hydrolysis) is 2. The molecule has 5 saturated carbocycles. The average molecular weight is 1680 g/mol. The van der Waals surface area contributed by atoms with Crippen molar-refractivity contribution in [3.05, 3.63) is 155 Å². The Hall–Kier alpha value is -8.84. The molecule has 0 spiro atoms. The molecule has 28 heteroatoms. The first kappa shape index (κ1) is 92.9. The molecular formula is C93H122N2O26. The Labute approximate surface area is 707 Å². The number of ether oxygens (including phenoxy) is 11. The van der Waals surface area contributed by atoms with Gasteiger partial charge < -0.3 is 88.3 Å². The van der Waals surface area contributed by atoms with E-state index in [-0.39, 0.29) is 53.7 Å². The first-order chi connectivity index (χ1) is 56.3. The number of fused-ring (bicyclic) bond motifs is 8. The lowest BCUT2D eigenvalue weighted by atomic mass is 9.41. The Balaban J connectivity index is 0.909. The highest BCUT2D eigenvalue weighted by atomic mass is 16.6. The molecule has 660 valence electrons. The first-order valence-corrected chi connectivity index (χ1v) is 41.6. The summed E-state index contributed by atoms with van der Waals surface area (Å²) in [7, 11) is 2.72. The highest BCUT2D eigenvalue weighted by Crippen LogP contribution is 2.68. The number of hydrogen-bond donors (Lipinski definition) is 7. The van der Waals surface area contributed by atoms with E-state index in [9.17, 15) is 49.5 Å². The summed E-state index contributed by atoms with van der Waals surface area (Å²) in [6.07, 6.45) is -19.8. The van der Waals surface area contributed by atoms with E-state index < -0.39 is 248 Å². The molecule has 4 bridgehead atoms. The number of aliphatic hydroxyl groups excluding tert-OH is 3. The van der Waals surface area contributed by atoms with Crippen LogP contribution < -0.4 is 10.6 Å². The third kappa shape index (κ3) is 16.4. The molecule has 11 rings (SSSR count). The van der Waals surface area contributed by atoms with Crippen molar-refractivity contribution in [3.63, 3.8) is 0 Å². The quantitative estimate of drug-likeness (QED) is 0.0195. The Morgan fingerprint density at radius 2 is 1.13 bits per heavy atom. The monoisotopic (exact) mass is 1680 g/mol. The molecule has 6 fully saturated rings. The molecule has 1 heterocycles. The fourth-order valence-electron chi connectivity index (χ4n) is 21.5. The second-order valence-corrected chi connectivity index (χ2v) is 38.4. The van der Waals surface area contributed by atoms with Crippen LogP contribution >= 0.6 is 0 Å². The number of esters is 5. The van der Waals surface area contributed by atoms with Gasteiger partial charge in [0.1, 0.15) is 70.7 Å². The van der Waals surface area contributed by atoms with E-state index in [0.717, 1.165) is 6.92 Å². The minimum absolute atomic E-state index is 0.000104.